The Hall–Kier alpha value is -1.66. The van der Waals surface area contributed by atoms with Gasteiger partial charge < -0.3 is 4.74 Å². The molecule has 0 aliphatic carbocycles. The summed E-state index contributed by atoms with van der Waals surface area (Å²) in [5.41, 5.74) is -2.42. The first-order valence-electron chi connectivity index (χ1n) is 4.28. The molecule has 88 valence electrons. The summed E-state index contributed by atoms with van der Waals surface area (Å²) in [6.45, 7) is 1.38. The summed E-state index contributed by atoms with van der Waals surface area (Å²) in [5.74, 6) is -4.39. The van der Waals surface area contributed by atoms with E-state index in [1.807, 2.05) is 0 Å². The van der Waals surface area contributed by atoms with Crippen LogP contribution in [0.1, 0.15) is 29.4 Å². The number of ether oxygens (including phenoxy) is 1. The molecule has 7 heteroatoms. The van der Waals surface area contributed by atoms with Crippen molar-refractivity contribution in [3.8, 4) is 0 Å². The van der Waals surface area contributed by atoms with Crippen molar-refractivity contribution < 1.29 is 27.1 Å². The van der Waals surface area contributed by atoms with Crippen molar-refractivity contribution >= 4 is 5.97 Å². The minimum absolute atomic E-state index is 0.0681. The van der Waals surface area contributed by atoms with Gasteiger partial charge in [0.1, 0.15) is 0 Å². The number of esters is 1. The van der Waals surface area contributed by atoms with E-state index in [4.69, 9.17) is 0 Å². The maximum Gasteiger partial charge on any atom is 0.360 e. The highest BCUT2D eigenvalue weighted by Gasteiger charge is 2.26. The average Bonchev–Trinajstić information content (AvgIpc) is 2.17. The first kappa shape index (κ1) is 12.4. The Labute approximate surface area is 88.0 Å². The molecule has 0 fully saturated rings. The van der Waals surface area contributed by atoms with Crippen LogP contribution in [0.25, 0.3) is 0 Å². The molecule has 0 amide bonds. The Morgan fingerprint density at radius 1 is 1.50 bits per heavy atom. The second kappa shape index (κ2) is 4.91. The molecule has 0 bridgehead atoms. The van der Waals surface area contributed by atoms with Gasteiger partial charge in [-0.2, -0.15) is 0 Å². The first-order chi connectivity index (χ1) is 7.49. The van der Waals surface area contributed by atoms with Gasteiger partial charge in [0.05, 0.1) is 18.4 Å². The highest BCUT2D eigenvalue weighted by molar-refractivity contribution is 5.87. The van der Waals surface area contributed by atoms with Crippen molar-refractivity contribution in [3.63, 3.8) is 0 Å². The predicted octanol–water partition coefficient (Wildman–Crippen LogP) is 2.47. The van der Waals surface area contributed by atoms with E-state index in [9.17, 15) is 22.4 Å². The highest BCUT2D eigenvalue weighted by Crippen LogP contribution is 2.26. The lowest BCUT2D eigenvalue weighted by molar-refractivity contribution is 0.0511. The molecule has 3 nitrogen and oxygen atoms in total. The lowest BCUT2D eigenvalue weighted by Crippen LogP contribution is -2.13. The Morgan fingerprint density at radius 2 is 2.12 bits per heavy atom. The number of halogens is 4. The average molecular weight is 237 g/mol. The molecule has 0 radical (unpaired) electrons. The van der Waals surface area contributed by atoms with Crippen LogP contribution in [-0.2, 0) is 4.74 Å². The Morgan fingerprint density at radius 3 is 2.62 bits per heavy atom. The fraction of sp³-hybridized carbons (Fsp3) is 0.333. The maximum atomic E-state index is 13.3. The number of hydrogen-bond donors (Lipinski definition) is 0. The lowest BCUT2D eigenvalue weighted by atomic mass is 10.2. The molecule has 0 spiro atoms. The van der Waals surface area contributed by atoms with E-state index in [0.717, 1.165) is 0 Å². The van der Waals surface area contributed by atoms with Crippen LogP contribution in [0.2, 0.25) is 0 Å². The van der Waals surface area contributed by atoms with E-state index in [1.54, 1.807) is 0 Å². The van der Waals surface area contributed by atoms with Crippen molar-refractivity contribution in [2.24, 2.45) is 0 Å². The monoisotopic (exact) mass is 237 g/mol. The molecule has 1 aromatic heterocycles. The summed E-state index contributed by atoms with van der Waals surface area (Å²) in [4.78, 5) is 14.1. The van der Waals surface area contributed by atoms with Crippen LogP contribution >= 0.6 is 0 Å². The van der Waals surface area contributed by atoms with Crippen molar-refractivity contribution in [2.75, 3.05) is 6.61 Å². The number of alkyl halides is 2. The third kappa shape index (κ3) is 2.29. The predicted molar refractivity (Wildman–Crippen MR) is 45.1 cm³/mol. The van der Waals surface area contributed by atoms with Gasteiger partial charge in [-0.1, -0.05) is 0 Å². The van der Waals surface area contributed by atoms with Crippen molar-refractivity contribution in [3.05, 3.63) is 29.1 Å². The van der Waals surface area contributed by atoms with E-state index < -0.39 is 35.3 Å². The highest BCUT2D eigenvalue weighted by atomic mass is 19.3. The molecule has 1 heterocycles. The normalized spacial score (nSPS) is 10.6. The molecule has 0 N–H and O–H groups in total. The number of pyridine rings is 1. The summed E-state index contributed by atoms with van der Waals surface area (Å²) >= 11 is 0. The van der Waals surface area contributed by atoms with Crippen molar-refractivity contribution in [1.82, 2.24) is 4.98 Å². The van der Waals surface area contributed by atoms with Crippen LogP contribution in [0.5, 0.6) is 0 Å². The molecule has 0 unspecified atom stereocenters. The van der Waals surface area contributed by atoms with Crippen LogP contribution < -0.4 is 0 Å². The summed E-state index contributed by atoms with van der Waals surface area (Å²) < 4.78 is 55.0. The van der Waals surface area contributed by atoms with Gasteiger partial charge in [0, 0.05) is 0 Å². The van der Waals surface area contributed by atoms with Gasteiger partial charge >= 0.3 is 5.97 Å². The van der Waals surface area contributed by atoms with Gasteiger partial charge in [0.15, 0.2) is 17.3 Å². The van der Waals surface area contributed by atoms with Crippen LogP contribution in [0, 0.1) is 11.6 Å². The first-order valence-corrected chi connectivity index (χ1v) is 4.28. The van der Waals surface area contributed by atoms with Crippen molar-refractivity contribution in [1.29, 1.82) is 0 Å². The fourth-order valence-corrected chi connectivity index (χ4v) is 1.02. The number of carbonyl (C=O) groups is 1. The van der Waals surface area contributed by atoms with Gasteiger partial charge in [-0.05, 0) is 6.92 Å². The molecule has 0 saturated carbocycles. The number of carbonyl (C=O) groups excluding carboxylic acids is 1. The largest absolute Gasteiger partial charge is 0.461 e. The van der Waals surface area contributed by atoms with Crippen LogP contribution in [-0.4, -0.2) is 17.6 Å². The van der Waals surface area contributed by atoms with Gasteiger partial charge in [-0.25, -0.2) is 27.3 Å². The molecule has 0 aliphatic rings. The molecule has 0 aliphatic heterocycles. The van der Waals surface area contributed by atoms with E-state index in [2.05, 4.69) is 9.72 Å². The van der Waals surface area contributed by atoms with Crippen LogP contribution in [0.4, 0.5) is 17.6 Å². The van der Waals surface area contributed by atoms with Gasteiger partial charge in [0.2, 0.25) is 0 Å². The Kier molecular flexibility index (Phi) is 3.81. The van der Waals surface area contributed by atoms with Gasteiger partial charge in [-0.3, -0.25) is 0 Å². The fourth-order valence-electron chi connectivity index (χ4n) is 1.02. The molecule has 1 aromatic rings. The van der Waals surface area contributed by atoms with Crippen LogP contribution in [0.15, 0.2) is 6.20 Å². The zero-order valence-corrected chi connectivity index (χ0v) is 8.14. The molecule has 0 saturated heterocycles. The molecular formula is C9H7F4NO2. The molecule has 1 rings (SSSR count). The number of hydrogen-bond acceptors (Lipinski definition) is 3. The van der Waals surface area contributed by atoms with E-state index in [-0.39, 0.29) is 6.61 Å². The second-order valence-electron chi connectivity index (χ2n) is 2.70. The quantitative estimate of drug-likeness (QED) is 0.598. The number of rotatable bonds is 3. The maximum absolute atomic E-state index is 13.3. The summed E-state index contributed by atoms with van der Waals surface area (Å²) in [6, 6.07) is 0. The van der Waals surface area contributed by atoms with Crippen LogP contribution in [0.3, 0.4) is 0 Å². The zero-order valence-electron chi connectivity index (χ0n) is 8.14. The molecule has 0 aromatic carbocycles. The topological polar surface area (TPSA) is 39.2 Å². The smallest absolute Gasteiger partial charge is 0.360 e. The summed E-state index contributed by atoms with van der Waals surface area (Å²) in [6.07, 6.45) is -3.01. The number of aromatic nitrogens is 1. The molecule has 0 atom stereocenters. The van der Waals surface area contributed by atoms with Gasteiger partial charge in [-0.15, -0.1) is 0 Å². The molecular weight excluding hydrogens is 230 g/mol. The summed E-state index contributed by atoms with van der Waals surface area (Å²) in [5, 5.41) is 0. The molecule has 16 heavy (non-hydrogen) atoms. The Bertz CT molecular complexity index is 409. The number of nitrogens with zero attached hydrogens (tertiary/aromatic N) is 1. The third-order valence-corrected chi connectivity index (χ3v) is 1.70. The second-order valence-corrected chi connectivity index (χ2v) is 2.70. The summed E-state index contributed by atoms with van der Waals surface area (Å²) in [7, 11) is 0. The standard InChI is InChI=1S/C9H7F4NO2/c1-2-16-9(15)7-6(11)5(8(12)13)4(10)3-14-7/h3,8H,2H2,1H3. The van der Waals surface area contributed by atoms with E-state index in [1.165, 1.54) is 6.92 Å². The van der Waals surface area contributed by atoms with E-state index in [0.29, 0.717) is 6.20 Å². The third-order valence-electron chi connectivity index (χ3n) is 1.70. The minimum Gasteiger partial charge on any atom is -0.461 e. The SMILES string of the molecule is CCOC(=O)c1ncc(F)c(C(F)F)c1F. The minimum atomic E-state index is -3.36. The Balaban J connectivity index is 3.23. The van der Waals surface area contributed by atoms with Crippen molar-refractivity contribution in [2.45, 2.75) is 13.3 Å². The van der Waals surface area contributed by atoms with Gasteiger partial charge in [0.25, 0.3) is 6.43 Å². The van der Waals surface area contributed by atoms with E-state index >= 15 is 0 Å². The lowest BCUT2D eigenvalue weighted by Gasteiger charge is -2.07. The zero-order chi connectivity index (χ0) is 12.3.